The minimum absolute atomic E-state index is 0.188. The van der Waals surface area contributed by atoms with Crippen LogP contribution >= 0.6 is 0 Å². The fraction of sp³-hybridized carbons (Fsp3) is 0.238. The number of amides is 1. The van der Waals surface area contributed by atoms with Gasteiger partial charge >= 0.3 is 5.97 Å². The van der Waals surface area contributed by atoms with E-state index in [1.165, 1.54) is 0 Å². The largest absolute Gasteiger partial charge is 0.451 e. The second-order valence-electron chi connectivity index (χ2n) is 6.43. The van der Waals surface area contributed by atoms with Gasteiger partial charge in [0.15, 0.2) is 6.10 Å². The van der Waals surface area contributed by atoms with Crippen molar-refractivity contribution < 1.29 is 18.7 Å². The first kappa shape index (κ1) is 19.3. The Bertz CT molecular complexity index is 982. The molecule has 3 aromatic rings. The fourth-order valence-corrected chi connectivity index (χ4v) is 2.52. The Morgan fingerprint density at radius 1 is 1.07 bits per heavy atom. The van der Waals surface area contributed by atoms with Crippen molar-refractivity contribution in [3.63, 3.8) is 0 Å². The lowest BCUT2D eigenvalue weighted by Gasteiger charge is -2.10. The smallest absolute Gasteiger partial charge is 0.326 e. The molecule has 1 atom stereocenters. The van der Waals surface area contributed by atoms with Crippen LogP contribution in [-0.4, -0.2) is 28.6 Å². The van der Waals surface area contributed by atoms with E-state index >= 15 is 0 Å². The van der Waals surface area contributed by atoms with Crippen LogP contribution in [0.2, 0.25) is 0 Å². The Kier molecular flexibility index (Phi) is 5.84. The van der Waals surface area contributed by atoms with Crippen molar-refractivity contribution in [2.45, 2.75) is 26.9 Å². The second-order valence-corrected chi connectivity index (χ2v) is 6.43. The molecule has 0 fully saturated rings. The third-order valence-electron chi connectivity index (χ3n) is 4.28. The van der Waals surface area contributed by atoms with Gasteiger partial charge in [-0.25, -0.2) is 0 Å². The predicted octanol–water partition coefficient (Wildman–Crippen LogP) is 3.39. The maximum Gasteiger partial charge on any atom is 0.326 e. The summed E-state index contributed by atoms with van der Waals surface area (Å²) in [5.74, 6) is -0.393. The van der Waals surface area contributed by atoms with Crippen LogP contribution in [0.25, 0.3) is 11.5 Å². The molecule has 1 aromatic heterocycles. The number of nitrogens with zero attached hydrogens (tertiary/aromatic N) is 2. The van der Waals surface area contributed by atoms with Crippen LogP contribution in [0, 0.1) is 13.8 Å². The summed E-state index contributed by atoms with van der Waals surface area (Å²) in [4.78, 5) is 24.2. The average molecular weight is 379 g/mol. The molecule has 2 aromatic carbocycles. The number of carbonyl (C=O) groups is 2. The Balaban J connectivity index is 1.54. The van der Waals surface area contributed by atoms with Crippen molar-refractivity contribution >= 4 is 11.9 Å². The monoisotopic (exact) mass is 379 g/mol. The van der Waals surface area contributed by atoms with Crippen molar-refractivity contribution in [1.82, 2.24) is 15.5 Å². The summed E-state index contributed by atoms with van der Waals surface area (Å²) < 4.78 is 10.8. The SMILES string of the molecule is Cc1ccc(C(=O)NCC(=O)O[C@H](C)c2nnc(-c3ccccc3)o2)cc1C. The van der Waals surface area contributed by atoms with E-state index in [-0.39, 0.29) is 18.3 Å². The normalized spacial score (nSPS) is 11.7. The highest BCUT2D eigenvalue weighted by Gasteiger charge is 2.19. The van der Waals surface area contributed by atoms with Gasteiger partial charge in [0, 0.05) is 11.1 Å². The molecule has 3 rings (SSSR count). The molecule has 0 saturated heterocycles. The molecular formula is C21H21N3O4. The Labute approximate surface area is 162 Å². The molecule has 0 aliphatic carbocycles. The molecule has 0 aliphatic rings. The number of rotatable bonds is 6. The van der Waals surface area contributed by atoms with E-state index < -0.39 is 12.1 Å². The number of benzene rings is 2. The third-order valence-corrected chi connectivity index (χ3v) is 4.28. The molecule has 0 aliphatic heterocycles. The summed E-state index contributed by atoms with van der Waals surface area (Å²) in [6.45, 7) is 5.27. The molecule has 0 saturated carbocycles. The molecule has 1 heterocycles. The Morgan fingerprint density at radius 3 is 2.54 bits per heavy atom. The summed E-state index contributed by atoms with van der Waals surface area (Å²) >= 11 is 0. The van der Waals surface area contributed by atoms with Gasteiger partial charge in [0.25, 0.3) is 11.8 Å². The van der Waals surface area contributed by atoms with E-state index in [0.29, 0.717) is 11.5 Å². The number of hydrogen-bond donors (Lipinski definition) is 1. The summed E-state index contributed by atoms with van der Waals surface area (Å²) in [5, 5.41) is 10.4. The molecule has 144 valence electrons. The molecule has 1 N–H and O–H groups in total. The highest BCUT2D eigenvalue weighted by atomic mass is 16.6. The highest BCUT2D eigenvalue weighted by Crippen LogP contribution is 2.22. The average Bonchev–Trinajstić information content (AvgIpc) is 3.19. The molecule has 0 spiro atoms. The lowest BCUT2D eigenvalue weighted by molar-refractivity contribution is -0.148. The van der Waals surface area contributed by atoms with Crippen LogP contribution < -0.4 is 5.32 Å². The van der Waals surface area contributed by atoms with Gasteiger partial charge in [0.1, 0.15) is 6.54 Å². The Hall–Kier alpha value is -3.48. The first-order valence-corrected chi connectivity index (χ1v) is 8.88. The summed E-state index contributed by atoms with van der Waals surface area (Å²) in [5.41, 5.74) is 3.38. The van der Waals surface area contributed by atoms with Gasteiger partial charge < -0.3 is 14.5 Å². The number of aromatic nitrogens is 2. The first-order valence-electron chi connectivity index (χ1n) is 8.88. The summed E-state index contributed by atoms with van der Waals surface area (Å²) in [6.07, 6.45) is -0.726. The minimum Gasteiger partial charge on any atom is -0.451 e. The zero-order chi connectivity index (χ0) is 20.1. The third kappa shape index (κ3) is 4.62. The van der Waals surface area contributed by atoms with E-state index in [1.807, 2.05) is 50.2 Å². The van der Waals surface area contributed by atoms with Crippen LogP contribution in [0.1, 0.15) is 40.4 Å². The van der Waals surface area contributed by atoms with Crippen LogP contribution in [0.5, 0.6) is 0 Å². The van der Waals surface area contributed by atoms with E-state index in [2.05, 4.69) is 15.5 Å². The summed E-state index contributed by atoms with van der Waals surface area (Å²) in [6, 6.07) is 14.7. The molecule has 7 nitrogen and oxygen atoms in total. The predicted molar refractivity (Wildman–Crippen MR) is 102 cm³/mol. The van der Waals surface area contributed by atoms with Crippen molar-refractivity contribution in [3.05, 3.63) is 71.1 Å². The van der Waals surface area contributed by atoms with Gasteiger partial charge in [-0.3, -0.25) is 9.59 Å². The maximum absolute atomic E-state index is 12.2. The van der Waals surface area contributed by atoms with Crippen molar-refractivity contribution in [1.29, 1.82) is 0 Å². The number of esters is 1. The number of nitrogens with one attached hydrogen (secondary N) is 1. The van der Waals surface area contributed by atoms with Crippen molar-refractivity contribution in [2.75, 3.05) is 6.54 Å². The molecule has 7 heteroatoms. The zero-order valence-electron chi connectivity index (χ0n) is 15.9. The molecule has 1 amide bonds. The van der Waals surface area contributed by atoms with Gasteiger partial charge in [-0.05, 0) is 56.2 Å². The van der Waals surface area contributed by atoms with Gasteiger partial charge in [0.2, 0.25) is 5.89 Å². The van der Waals surface area contributed by atoms with E-state index in [9.17, 15) is 9.59 Å². The van der Waals surface area contributed by atoms with E-state index in [4.69, 9.17) is 9.15 Å². The Morgan fingerprint density at radius 2 is 1.82 bits per heavy atom. The number of hydrogen-bond acceptors (Lipinski definition) is 6. The highest BCUT2D eigenvalue weighted by molar-refractivity contribution is 5.96. The van der Waals surface area contributed by atoms with Crippen LogP contribution in [0.4, 0.5) is 0 Å². The van der Waals surface area contributed by atoms with Crippen molar-refractivity contribution in [2.24, 2.45) is 0 Å². The quantitative estimate of drug-likeness (QED) is 0.660. The minimum atomic E-state index is -0.726. The first-order chi connectivity index (χ1) is 13.4. The maximum atomic E-state index is 12.2. The van der Waals surface area contributed by atoms with Gasteiger partial charge in [0.05, 0.1) is 0 Å². The standard InChI is InChI=1S/C21H21N3O4/c1-13-9-10-17(11-14(13)2)19(26)22-12-18(25)27-15(3)20-23-24-21(28-20)16-7-5-4-6-8-16/h4-11,15H,12H2,1-3H3,(H,22,26)/t15-/m1/s1. The lowest BCUT2D eigenvalue weighted by atomic mass is 10.1. The molecular weight excluding hydrogens is 358 g/mol. The molecule has 0 bridgehead atoms. The second kappa shape index (κ2) is 8.47. The van der Waals surface area contributed by atoms with E-state index in [0.717, 1.165) is 16.7 Å². The van der Waals surface area contributed by atoms with Gasteiger partial charge in [-0.2, -0.15) is 0 Å². The molecule has 28 heavy (non-hydrogen) atoms. The van der Waals surface area contributed by atoms with E-state index in [1.54, 1.807) is 19.1 Å². The van der Waals surface area contributed by atoms with Crippen molar-refractivity contribution in [3.8, 4) is 11.5 Å². The van der Waals surface area contributed by atoms with Crippen LogP contribution in [-0.2, 0) is 9.53 Å². The topological polar surface area (TPSA) is 94.3 Å². The lowest BCUT2D eigenvalue weighted by Crippen LogP contribution is -2.31. The molecule has 0 unspecified atom stereocenters. The fourth-order valence-electron chi connectivity index (χ4n) is 2.52. The molecule has 0 radical (unpaired) electrons. The number of aryl methyl sites for hydroxylation is 2. The van der Waals surface area contributed by atoms with Gasteiger partial charge in [-0.15, -0.1) is 10.2 Å². The summed E-state index contributed by atoms with van der Waals surface area (Å²) in [7, 11) is 0. The van der Waals surface area contributed by atoms with Gasteiger partial charge in [-0.1, -0.05) is 24.3 Å². The van der Waals surface area contributed by atoms with Crippen LogP contribution in [0.15, 0.2) is 52.9 Å². The number of ether oxygens (including phenoxy) is 1. The number of carbonyl (C=O) groups excluding carboxylic acids is 2. The zero-order valence-corrected chi connectivity index (χ0v) is 15.9. The van der Waals surface area contributed by atoms with Crippen LogP contribution in [0.3, 0.4) is 0 Å².